The van der Waals surface area contributed by atoms with Crippen LogP contribution in [-0.4, -0.2) is 24.3 Å². The molecule has 1 aliphatic heterocycles. The molecule has 2 atom stereocenters. The van der Waals surface area contributed by atoms with Gasteiger partial charge in [0.05, 0.1) is 19.2 Å². The van der Waals surface area contributed by atoms with Gasteiger partial charge in [0.1, 0.15) is 0 Å². The Morgan fingerprint density at radius 3 is 2.75 bits per heavy atom. The Bertz CT molecular complexity index is 74.9. The number of nitrogens with one attached hydrogen (secondary N) is 1. The number of rotatable bonds is 1. The number of hydrogen-bond acceptors (Lipinski definition) is 1. The highest BCUT2D eigenvalue weighted by molar-refractivity contribution is 4.59. The highest BCUT2D eigenvalue weighted by Crippen LogP contribution is 1.96. The summed E-state index contributed by atoms with van der Waals surface area (Å²) in [6, 6.07) is 0.426. The minimum atomic E-state index is 0.304. The summed E-state index contributed by atoms with van der Waals surface area (Å²) < 4.78 is 0. The number of hydrogen-bond donors (Lipinski definition) is 2. The maximum Gasteiger partial charge on any atom is 0.0928 e. The largest absolute Gasteiger partial charge is 0.463 e. The van der Waals surface area contributed by atoms with Crippen molar-refractivity contribution in [2.75, 3.05) is 13.2 Å². The molecule has 0 bridgehead atoms. The third kappa shape index (κ3) is 1.01. The molecule has 0 aliphatic carbocycles. The lowest BCUT2D eigenvalue weighted by Crippen LogP contribution is -3.09. The average Bonchev–Trinajstić information content (AvgIpc) is 2.14. The van der Waals surface area contributed by atoms with Crippen LogP contribution in [0.25, 0.3) is 0 Å². The molecule has 1 rings (SSSR count). The zero-order valence-corrected chi connectivity index (χ0v) is 5.06. The van der Waals surface area contributed by atoms with Crippen molar-refractivity contribution in [3.63, 3.8) is 0 Å². The summed E-state index contributed by atoms with van der Waals surface area (Å²) in [5.41, 5.74) is 0. The Balaban J connectivity index is 2.30. The first-order valence-electron chi connectivity index (χ1n) is 3.13. The Labute approximate surface area is 50.1 Å². The van der Waals surface area contributed by atoms with Gasteiger partial charge in [-0.3, -0.25) is 0 Å². The van der Waals surface area contributed by atoms with Crippen molar-refractivity contribution < 1.29 is 10.0 Å². The number of quaternary nitrogens is 1. The van der Waals surface area contributed by atoms with E-state index in [2.05, 4.69) is 7.05 Å². The van der Waals surface area contributed by atoms with E-state index in [4.69, 9.17) is 5.11 Å². The molecule has 1 heterocycles. The summed E-state index contributed by atoms with van der Waals surface area (Å²) in [6.45, 7) is 1.43. The molecule has 8 heavy (non-hydrogen) atoms. The predicted molar refractivity (Wildman–Crippen MR) is 31.3 cm³/mol. The summed E-state index contributed by atoms with van der Waals surface area (Å²) in [5.74, 6) is 0. The number of aliphatic hydroxyl groups is 1. The maximum atomic E-state index is 8.68. The molecule has 1 aliphatic rings. The number of aliphatic hydroxyl groups excluding tert-OH is 1. The van der Waals surface area contributed by atoms with Crippen molar-refractivity contribution >= 4 is 0 Å². The molecule has 2 N–H and O–H groups in total. The fraction of sp³-hybridized carbons (Fsp3) is 0.833. The monoisotopic (exact) mass is 115 g/mol. The van der Waals surface area contributed by atoms with Gasteiger partial charge in [-0.05, 0) is 6.42 Å². The molecule has 0 aromatic carbocycles. The molecule has 0 radical (unpaired) electrons. The highest BCUT2D eigenvalue weighted by Gasteiger charge is 2.18. The van der Waals surface area contributed by atoms with Crippen LogP contribution < -0.4 is 4.90 Å². The minimum absolute atomic E-state index is 0.304. The second-order valence-electron chi connectivity index (χ2n) is 2.43. The van der Waals surface area contributed by atoms with Crippen molar-refractivity contribution in [3.8, 4) is 0 Å². The van der Waals surface area contributed by atoms with E-state index < -0.39 is 0 Å². The van der Waals surface area contributed by atoms with Crippen molar-refractivity contribution in [2.45, 2.75) is 18.9 Å². The lowest BCUT2D eigenvalue weighted by atomic mass is 10.2. The Morgan fingerprint density at radius 1 is 1.75 bits per heavy atom. The second-order valence-corrected chi connectivity index (χ2v) is 2.43. The lowest BCUT2D eigenvalue weighted by Gasteiger charge is -2.20. The zero-order chi connectivity index (χ0) is 5.98. The minimum Gasteiger partial charge on any atom is -0.463 e. The average molecular weight is 115 g/mol. The summed E-state index contributed by atoms with van der Waals surface area (Å²) in [5, 5.41) is 8.68. The van der Waals surface area contributed by atoms with Crippen molar-refractivity contribution in [1.82, 2.24) is 0 Å². The van der Waals surface area contributed by atoms with Crippen LogP contribution >= 0.6 is 0 Å². The third-order valence-electron chi connectivity index (χ3n) is 1.85. The quantitative estimate of drug-likeness (QED) is 0.413. The molecule has 0 spiro atoms. The van der Waals surface area contributed by atoms with Gasteiger partial charge in [-0.25, -0.2) is 0 Å². The smallest absolute Gasteiger partial charge is 0.0928 e. The molecular formula is C6H13NO. The van der Waals surface area contributed by atoms with E-state index in [1.54, 1.807) is 0 Å². The van der Waals surface area contributed by atoms with Gasteiger partial charge in [0.25, 0.3) is 0 Å². The van der Waals surface area contributed by atoms with Crippen LogP contribution in [0.2, 0.25) is 0 Å². The Morgan fingerprint density at radius 2 is 2.50 bits per heavy atom. The van der Waals surface area contributed by atoms with E-state index >= 15 is 0 Å². The molecule has 1 fully saturated rings. The first-order valence-corrected chi connectivity index (χ1v) is 3.13. The molecular weight excluding hydrogens is 102 g/mol. The molecule has 0 saturated carbocycles. The van der Waals surface area contributed by atoms with E-state index in [1.807, 2.05) is 0 Å². The summed E-state index contributed by atoms with van der Waals surface area (Å²) in [7, 11) is 3.85. The molecule has 0 aromatic heterocycles. The van der Waals surface area contributed by atoms with Crippen molar-refractivity contribution in [3.05, 3.63) is 7.05 Å². The molecule has 1 saturated heterocycles. The van der Waals surface area contributed by atoms with Crippen molar-refractivity contribution in [1.29, 1.82) is 0 Å². The second kappa shape index (κ2) is 2.46. The third-order valence-corrected chi connectivity index (χ3v) is 1.85. The van der Waals surface area contributed by atoms with E-state index in [0.29, 0.717) is 12.6 Å². The molecule has 2 heteroatoms. The van der Waals surface area contributed by atoms with Crippen LogP contribution in [0.5, 0.6) is 0 Å². The molecule has 0 amide bonds. The van der Waals surface area contributed by atoms with Crippen LogP contribution in [0.4, 0.5) is 0 Å². The van der Waals surface area contributed by atoms with Crippen LogP contribution in [0.3, 0.4) is 0 Å². The lowest BCUT2D eigenvalue weighted by molar-refractivity contribution is -0.867. The first kappa shape index (κ1) is 6.05. The molecule has 0 aromatic rings. The summed E-state index contributed by atoms with van der Waals surface area (Å²) in [4.78, 5) is 1.24. The van der Waals surface area contributed by atoms with Gasteiger partial charge >= 0.3 is 0 Å². The molecule has 1 unspecified atom stereocenters. The van der Waals surface area contributed by atoms with Gasteiger partial charge in [0.15, 0.2) is 0 Å². The Hall–Kier alpha value is -0.0800. The molecule has 48 valence electrons. The van der Waals surface area contributed by atoms with Gasteiger partial charge in [0, 0.05) is 6.42 Å². The van der Waals surface area contributed by atoms with Gasteiger partial charge < -0.3 is 10.0 Å². The summed E-state index contributed by atoms with van der Waals surface area (Å²) in [6.07, 6.45) is 2.37. The fourth-order valence-corrected chi connectivity index (χ4v) is 1.20. The van der Waals surface area contributed by atoms with E-state index in [9.17, 15) is 0 Å². The SMILES string of the molecule is [CH2-][NH+]1CCC[C@@H]1CO. The van der Waals surface area contributed by atoms with Gasteiger partial charge in [0.2, 0.25) is 0 Å². The van der Waals surface area contributed by atoms with Crippen LogP contribution in [0.15, 0.2) is 0 Å². The van der Waals surface area contributed by atoms with Crippen LogP contribution in [-0.2, 0) is 0 Å². The maximum absolute atomic E-state index is 8.68. The van der Waals surface area contributed by atoms with Gasteiger partial charge in [-0.1, -0.05) is 0 Å². The van der Waals surface area contributed by atoms with Gasteiger partial charge in [-0.15, -0.1) is 0 Å². The van der Waals surface area contributed by atoms with E-state index in [0.717, 1.165) is 13.0 Å². The zero-order valence-electron chi connectivity index (χ0n) is 5.06. The van der Waals surface area contributed by atoms with Gasteiger partial charge in [-0.2, -0.15) is 7.05 Å². The van der Waals surface area contributed by atoms with Crippen molar-refractivity contribution in [2.24, 2.45) is 0 Å². The summed E-state index contributed by atoms with van der Waals surface area (Å²) >= 11 is 0. The topological polar surface area (TPSA) is 24.7 Å². The van der Waals surface area contributed by atoms with Crippen LogP contribution in [0.1, 0.15) is 12.8 Å². The highest BCUT2D eigenvalue weighted by atomic mass is 16.3. The van der Waals surface area contributed by atoms with E-state index in [1.165, 1.54) is 11.3 Å². The first-order chi connectivity index (χ1) is 3.84. The molecule has 2 nitrogen and oxygen atoms in total. The normalized spacial score (nSPS) is 38.2. The number of likely N-dealkylation sites (tertiary alicyclic amines) is 1. The Kier molecular flexibility index (Phi) is 1.86. The standard InChI is InChI=1S/C6H13NO/c1-7-4-2-3-6(7)5-8/h6-8H,1-5H2/t6-/m1/s1. The van der Waals surface area contributed by atoms with Crippen LogP contribution in [0, 0.1) is 7.05 Å². The van der Waals surface area contributed by atoms with E-state index in [-0.39, 0.29) is 0 Å². The fourth-order valence-electron chi connectivity index (χ4n) is 1.20. The predicted octanol–water partition coefficient (Wildman–Crippen LogP) is -1.18.